The van der Waals surface area contributed by atoms with Gasteiger partial charge in [0.25, 0.3) is 0 Å². The second kappa shape index (κ2) is 12.2. The fraction of sp³-hybridized carbons (Fsp3) is 0.522. The van der Waals surface area contributed by atoms with Crippen molar-refractivity contribution in [1.82, 2.24) is 4.98 Å². The van der Waals surface area contributed by atoms with Crippen LogP contribution in [0.4, 0.5) is 0 Å². The van der Waals surface area contributed by atoms with E-state index in [1.165, 1.54) is 25.6 Å². The van der Waals surface area contributed by atoms with E-state index in [1.807, 2.05) is 0 Å². The Hall–Kier alpha value is -2.87. The van der Waals surface area contributed by atoms with Crippen molar-refractivity contribution >= 4 is 11.9 Å². The van der Waals surface area contributed by atoms with Gasteiger partial charge in [0.2, 0.25) is 6.29 Å². The number of carbonyl (C=O) groups is 2. The van der Waals surface area contributed by atoms with Gasteiger partial charge >= 0.3 is 11.9 Å². The van der Waals surface area contributed by atoms with Crippen LogP contribution in [0.1, 0.15) is 16.8 Å². The van der Waals surface area contributed by atoms with E-state index in [4.69, 9.17) is 23.7 Å². The number of pyridine rings is 1. The summed E-state index contributed by atoms with van der Waals surface area (Å²) in [5.74, 6) is -2.56. The molecule has 3 heterocycles. The molecule has 2 aliphatic rings. The van der Waals surface area contributed by atoms with Gasteiger partial charge in [-0.1, -0.05) is 6.08 Å². The van der Waals surface area contributed by atoms with E-state index in [0.29, 0.717) is 0 Å². The van der Waals surface area contributed by atoms with Crippen molar-refractivity contribution in [2.75, 3.05) is 20.3 Å². The molecule has 0 amide bonds. The standard InChI is InChI=1S/C23H29NO11/c1-3-13-14(6-8-32-20(29)12-5-4-7-24-9-12)15(21(30)31-2)11-33-22(13)35-23-19(28)18(27)17(26)16(10-25)34-23/h3-5,7,9,11,13-14,16-19,22-23,25-28H,1,6,8,10H2,2H3. The molecule has 2 aliphatic heterocycles. The van der Waals surface area contributed by atoms with Crippen LogP contribution in [0.5, 0.6) is 0 Å². The van der Waals surface area contributed by atoms with E-state index in [9.17, 15) is 30.0 Å². The number of hydrogen-bond donors (Lipinski definition) is 4. The zero-order valence-corrected chi connectivity index (χ0v) is 19.0. The molecule has 0 radical (unpaired) electrons. The Morgan fingerprint density at radius 2 is 1.94 bits per heavy atom. The number of aliphatic hydroxyl groups excluding tert-OH is 4. The topological polar surface area (TPSA) is 174 Å². The highest BCUT2D eigenvalue weighted by atomic mass is 16.8. The van der Waals surface area contributed by atoms with Crippen molar-refractivity contribution in [3.8, 4) is 0 Å². The zero-order valence-electron chi connectivity index (χ0n) is 19.0. The molecule has 0 saturated carbocycles. The van der Waals surface area contributed by atoms with Crippen molar-refractivity contribution < 1.29 is 53.7 Å². The van der Waals surface area contributed by atoms with Crippen molar-refractivity contribution in [3.63, 3.8) is 0 Å². The van der Waals surface area contributed by atoms with Gasteiger partial charge in [-0.3, -0.25) is 4.98 Å². The van der Waals surface area contributed by atoms with Gasteiger partial charge in [-0.25, -0.2) is 9.59 Å². The molecule has 0 bridgehead atoms. The molecule has 4 N–H and O–H groups in total. The Morgan fingerprint density at radius 1 is 1.17 bits per heavy atom. The number of hydrogen-bond acceptors (Lipinski definition) is 12. The molecule has 1 saturated heterocycles. The van der Waals surface area contributed by atoms with Crippen LogP contribution in [0.2, 0.25) is 0 Å². The second-order valence-corrected chi connectivity index (χ2v) is 7.99. The fourth-order valence-electron chi connectivity index (χ4n) is 3.94. The lowest BCUT2D eigenvalue weighted by Gasteiger charge is -2.43. The summed E-state index contributed by atoms with van der Waals surface area (Å²) in [7, 11) is 1.21. The number of esters is 2. The number of methoxy groups -OCH3 is 1. The van der Waals surface area contributed by atoms with E-state index in [1.54, 1.807) is 12.1 Å². The normalized spacial score (nSPS) is 32.7. The Bertz CT molecular complexity index is 906. The van der Waals surface area contributed by atoms with Gasteiger partial charge in [0.1, 0.15) is 24.4 Å². The molecule has 1 aromatic rings. The summed E-state index contributed by atoms with van der Waals surface area (Å²) in [6.07, 6.45) is -2.93. The first-order chi connectivity index (χ1) is 16.8. The van der Waals surface area contributed by atoms with Crippen molar-refractivity contribution in [1.29, 1.82) is 0 Å². The number of nitrogens with zero attached hydrogens (tertiary/aromatic N) is 1. The molecular weight excluding hydrogens is 466 g/mol. The number of aliphatic hydroxyl groups is 4. The van der Waals surface area contributed by atoms with Crippen LogP contribution < -0.4 is 0 Å². The minimum Gasteiger partial charge on any atom is -0.471 e. The smallest absolute Gasteiger partial charge is 0.339 e. The summed E-state index contributed by atoms with van der Waals surface area (Å²) >= 11 is 0. The predicted molar refractivity (Wildman–Crippen MR) is 116 cm³/mol. The van der Waals surface area contributed by atoms with Crippen LogP contribution in [0.15, 0.2) is 49.0 Å². The summed E-state index contributed by atoms with van der Waals surface area (Å²) < 4.78 is 26.8. The molecule has 8 atom stereocenters. The number of carbonyl (C=O) groups excluding carboxylic acids is 2. The monoisotopic (exact) mass is 495 g/mol. The SMILES string of the molecule is C=CC1C(OC2OC(CO)C(O)C(O)C2O)OC=C(C(=O)OC)C1CCOC(=O)c1cccnc1. The highest BCUT2D eigenvalue weighted by Gasteiger charge is 2.47. The third-order valence-corrected chi connectivity index (χ3v) is 5.88. The molecule has 1 fully saturated rings. The number of rotatable bonds is 9. The van der Waals surface area contributed by atoms with Gasteiger partial charge in [0.15, 0.2) is 6.29 Å². The maximum atomic E-state index is 12.4. The van der Waals surface area contributed by atoms with Gasteiger partial charge < -0.3 is 44.1 Å². The quantitative estimate of drug-likeness (QED) is 0.250. The van der Waals surface area contributed by atoms with Gasteiger partial charge in [-0.15, -0.1) is 6.58 Å². The minimum atomic E-state index is -1.65. The summed E-state index contributed by atoms with van der Waals surface area (Å²) in [5.41, 5.74) is 0.427. The molecule has 1 aromatic heterocycles. The Morgan fingerprint density at radius 3 is 2.57 bits per heavy atom. The third kappa shape index (κ3) is 6.04. The lowest BCUT2D eigenvalue weighted by Crippen LogP contribution is -2.60. The van der Waals surface area contributed by atoms with Gasteiger partial charge in [-0.05, 0) is 18.6 Å². The molecule has 8 unspecified atom stereocenters. The Balaban J connectivity index is 1.73. The summed E-state index contributed by atoms with van der Waals surface area (Å²) in [5, 5.41) is 39.7. The molecule has 12 nitrogen and oxygen atoms in total. The first-order valence-corrected chi connectivity index (χ1v) is 10.9. The molecule has 0 aliphatic carbocycles. The highest BCUT2D eigenvalue weighted by molar-refractivity contribution is 5.89. The largest absolute Gasteiger partial charge is 0.471 e. The average Bonchev–Trinajstić information content (AvgIpc) is 2.88. The summed E-state index contributed by atoms with van der Waals surface area (Å²) in [6, 6.07) is 3.16. The first kappa shape index (κ1) is 26.7. The third-order valence-electron chi connectivity index (χ3n) is 5.88. The number of ether oxygens (including phenoxy) is 5. The van der Waals surface area contributed by atoms with Crippen molar-refractivity contribution in [2.45, 2.75) is 43.4 Å². The van der Waals surface area contributed by atoms with Crippen LogP contribution in [0, 0.1) is 11.8 Å². The van der Waals surface area contributed by atoms with E-state index < -0.39 is 67.4 Å². The van der Waals surface area contributed by atoms with Crippen LogP contribution in [-0.4, -0.2) is 94.7 Å². The Kier molecular flexibility index (Phi) is 9.32. The van der Waals surface area contributed by atoms with Crippen LogP contribution >= 0.6 is 0 Å². The van der Waals surface area contributed by atoms with Gasteiger partial charge in [0, 0.05) is 24.2 Å². The summed E-state index contributed by atoms with van der Waals surface area (Å²) in [6.45, 7) is 3.09. The molecule has 3 rings (SSSR count). The van der Waals surface area contributed by atoms with Crippen molar-refractivity contribution in [3.05, 3.63) is 54.6 Å². The van der Waals surface area contributed by atoms with Crippen molar-refractivity contribution in [2.24, 2.45) is 11.8 Å². The van der Waals surface area contributed by atoms with Gasteiger partial charge in [-0.2, -0.15) is 0 Å². The van der Waals surface area contributed by atoms with E-state index in [0.717, 1.165) is 6.26 Å². The Labute approximate surface area is 201 Å². The average molecular weight is 495 g/mol. The van der Waals surface area contributed by atoms with Gasteiger partial charge in [0.05, 0.1) is 37.7 Å². The molecule has 0 aromatic carbocycles. The maximum absolute atomic E-state index is 12.4. The van der Waals surface area contributed by atoms with Crippen LogP contribution in [-0.2, 0) is 28.5 Å². The van der Waals surface area contributed by atoms with E-state index >= 15 is 0 Å². The van der Waals surface area contributed by atoms with E-state index in [-0.39, 0.29) is 24.2 Å². The summed E-state index contributed by atoms with van der Waals surface area (Å²) in [4.78, 5) is 28.5. The first-order valence-electron chi connectivity index (χ1n) is 10.9. The van der Waals surface area contributed by atoms with Crippen LogP contribution in [0.3, 0.4) is 0 Å². The number of aromatic nitrogens is 1. The highest BCUT2D eigenvalue weighted by Crippen LogP contribution is 2.37. The second-order valence-electron chi connectivity index (χ2n) is 7.99. The minimum absolute atomic E-state index is 0.0656. The fourth-order valence-corrected chi connectivity index (χ4v) is 3.94. The molecule has 35 heavy (non-hydrogen) atoms. The lowest BCUT2D eigenvalue weighted by molar-refractivity contribution is -0.339. The zero-order chi connectivity index (χ0) is 25.5. The van der Waals surface area contributed by atoms with E-state index in [2.05, 4.69) is 11.6 Å². The maximum Gasteiger partial charge on any atom is 0.339 e. The molecule has 0 spiro atoms. The molecule has 12 heteroatoms. The molecule has 192 valence electrons. The molecular formula is C23H29NO11. The predicted octanol–water partition coefficient (Wildman–Crippen LogP) is -0.723. The van der Waals surface area contributed by atoms with Crippen LogP contribution in [0.25, 0.3) is 0 Å². The lowest BCUT2D eigenvalue weighted by atomic mass is 9.82.